The van der Waals surface area contributed by atoms with Gasteiger partial charge < -0.3 is 33.8 Å². The second-order valence-electron chi connectivity index (χ2n) is 8.16. The van der Waals surface area contributed by atoms with Crippen molar-refractivity contribution in [1.29, 1.82) is 0 Å². The highest BCUT2D eigenvalue weighted by atomic mass is 32.1. The third-order valence-corrected chi connectivity index (χ3v) is 5.20. The lowest BCUT2D eigenvalue weighted by Gasteiger charge is -2.34. The number of nitrogens with one attached hydrogen (secondary N) is 1. The summed E-state index contributed by atoms with van der Waals surface area (Å²) in [5, 5.41) is 2.24. The highest BCUT2D eigenvalue weighted by molar-refractivity contribution is 7.80. The van der Waals surface area contributed by atoms with Crippen molar-refractivity contribution in [3.8, 4) is 5.75 Å². The van der Waals surface area contributed by atoms with Gasteiger partial charge in [-0.2, -0.15) is 0 Å². The zero-order valence-corrected chi connectivity index (χ0v) is 22.4. The Morgan fingerprint density at radius 1 is 0.821 bits per heavy atom. The van der Waals surface area contributed by atoms with Gasteiger partial charge in [0.05, 0.1) is 6.42 Å². The summed E-state index contributed by atoms with van der Waals surface area (Å²) in [5.74, 6) is -2.09. The number of benzene rings is 2. The lowest BCUT2D eigenvalue weighted by atomic mass is 9.98. The first-order valence-corrected chi connectivity index (χ1v) is 12.2. The van der Waals surface area contributed by atoms with E-state index in [4.69, 9.17) is 35.9 Å². The number of amides is 1. The van der Waals surface area contributed by atoms with E-state index >= 15 is 0 Å². The molecule has 11 nitrogen and oxygen atoms in total. The number of carbonyl (C=O) groups excluding carboxylic acids is 5. The molecule has 0 fully saturated rings. The van der Waals surface area contributed by atoms with E-state index < -0.39 is 48.4 Å². The highest BCUT2D eigenvalue weighted by Gasteiger charge is 2.43. The normalized spacial score (nSPS) is 13.4. The SMILES string of the molecule is CC(=O)O[C@@H]([C@H](OC(C)=O)[C@H](CC(=S)Oc1ccccc1)OC(C)=O)[C@H](C=O)NC(=O)OCc1ccccc1. The molecule has 0 spiro atoms. The number of thiocarbonyl (C=S) groups is 1. The van der Waals surface area contributed by atoms with Gasteiger partial charge in [-0.3, -0.25) is 14.4 Å². The molecule has 0 aliphatic carbocycles. The van der Waals surface area contributed by atoms with Crippen LogP contribution in [-0.4, -0.2) is 59.7 Å². The number of hydrogen-bond donors (Lipinski definition) is 1. The number of para-hydroxylation sites is 1. The molecule has 2 aromatic carbocycles. The zero-order chi connectivity index (χ0) is 28.8. The predicted octanol–water partition coefficient (Wildman–Crippen LogP) is 3.07. The number of carbonyl (C=O) groups is 5. The van der Waals surface area contributed by atoms with Crippen LogP contribution in [0.3, 0.4) is 0 Å². The molecule has 0 saturated heterocycles. The third-order valence-electron chi connectivity index (χ3n) is 4.95. The minimum absolute atomic E-state index is 0.0518. The van der Waals surface area contributed by atoms with Gasteiger partial charge in [0.15, 0.2) is 23.4 Å². The molecule has 0 aliphatic rings. The standard InChI is InChI=1S/C27H29NO10S/c1-17(30)35-23(14-24(39)38-21-12-8-5-9-13-21)26(37-19(3)32)25(36-18(2)31)22(15-29)28-27(33)34-16-20-10-6-4-7-11-20/h4-13,15,22-23,25-26H,14,16H2,1-3H3,(H,28,33)/t22-,23-,25+,26+/m0/s1. The quantitative estimate of drug-likeness (QED) is 0.167. The Bertz CT molecular complexity index is 1140. The number of aldehydes is 1. The fraction of sp³-hybridized carbons (Fsp3) is 0.333. The highest BCUT2D eigenvalue weighted by Crippen LogP contribution is 2.21. The molecule has 39 heavy (non-hydrogen) atoms. The van der Waals surface area contributed by atoms with Crippen LogP contribution in [0.5, 0.6) is 5.75 Å². The molecular weight excluding hydrogens is 530 g/mol. The van der Waals surface area contributed by atoms with Crippen LogP contribution < -0.4 is 10.1 Å². The van der Waals surface area contributed by atoms with Crippen LogP contribution in [0, 0.1) is 0 Å². The smallest absolute Gasteiger partial charge is 0.408 e. The first kappa shape index (κ1) is 30.9. The average molecular weight is 560 g/mol. The van der Waals surface area contributed by atoms with Crippen LogP contribution in [0.4, 0.5) is 4.79 Å². The van der Waals surface area contributed by atoms with Crippen LogP contribution in [0.2, 0.25) is 0 Å². The van der Waals surface area contributed by atoms with Crippen molar-refractivity contribution in [3.05, 3.63) is 66.2 Å². The van der Waals surface area contributed by atoms with Crippen LogP contribution in [0.25, 0.3) is 0 Å². The van der Waals surface area contributed by atoms with Crippen molar-refractivity contribution in [3.63, 3.8) is 0 Å². The van der Waals surface area contributed by atoms with Gasteiger partial charge >= 0.3 is 24.0 Å². The minimum atomic E-state index is -1.63. The Labute approximate surface area is 230 Å². The lowest BCUT2D eigenvalue weighted by Crippen LogP contribution is -2.56. The first-order chi connectivity index (χ1) is 18.6. The molecule has 0 bridgehead atoms. The Kier molecular flexibility index (Phi) is 12.5. The summed E-state index contributed by atoms with van der Waals surface area (Å²) < 4.78 is 26.8. The number of rotatable bonds is 13. The van der Waals surface area contributed by atoms with E-state index in [1.54, 1.807) is 60.7 Å². The van der Waals surface area contributed by atoms with E-state index in [9.17, 15) is 24.0 Å². The third kappa shape index (κ3) is 11.3. The van der Waals surface area contributed by atoms with Crippen molar-refractivity contribution in [2.45, 2.75) is 58.2 Å². The van der Waals surface area contributed by atoms with Gasteiger partial charge in [-0.15, -0.1) is 0 Å². The van der Waals surface area contributed by atoms with Gasteiger partial charge in [0, 0.05) is 20.8 Å². The summed E-state index contributed by atoms with van der Waals surface area (Å²) in [5.41, 5.74) is 0.687. The van der Waals surface area contributed by atoms with Crippen molar-refractivity contribution in [1.82, 2.24) is 5.32 Å². The lowest BCUT2D eigenvalue weighted by molar-refractivity contribution is -0.184. The molecule has 0 unspecified atom stereocenters. The van der Waals surface area contributed by atoms with E-state index in [-0.39, 0.29) is 24.4 Å². The van der Waals surface area contributed by atoms with Gasteiger partial charge in [-0.1, -0.05) is 48.5 Å². The van der Waals surface area contributed by atoms with Crippen molar-refractivity contribution >= 4 is 47.6 Å². The molecule has 208 valence electrons. The van der Waals surface area contributed by atoms with Crippen LogP contribution in [-0.2, 0) is 44.7 Å². The Morgan fingerprint density at radius 3 is 1.90 bits per heavy atom. The molecule has 0 aromatic heterocycles. The maximum atomic E-state index is 12.5. The van der Waals surface area contributed by atoms with Crippen LogP contribution in [0.1, 0.15) is 32.8 Å². The van der Waals surface area contributed by atoms with E-state index in [2.05, 4.69) is 5.32 Å². The zero-order valence-electron chi connectivity index (χ0n) is 21.6. The average Bonchev–Trinajstić information content (AvgIpc) is 2.88. The molecule has 0 heterocycles. The summed E-state index contributed by atoms with van der Waals surface area (Å²) >= 11 is 5.30. The fourth-order valence-electron chi connectivity index (χ4n) is 3.44. The van der Waals surface area contributed by atoms with Crippen molar-refractivity contribution in [2.24, 2.45) is 0 Å². The van der Waals surface area contributed by atoms with E-state index in [1.807, 2.05) is 0 Å². The van der Waals surface area contributed by atoms with Crippen molar-refractivity contribution < 1.29 is 47.7 Å². The monoisotopic (exact) mass is 559 g/mol. The molecule has 1 N–H and O–H groups in total. The van der Waals surface area contributed by atoms with E-state index in [0.717, 1.165) is 20.8 Å². The Balaban J connectivity index is 2.31. The number of esters is 3. The number of alkyl carbamates (subject to hydrolysis) is 1. The van der Waals surface area contributed by atoms with Crippen LogP contribution in [0.15, 0.2) is 60.7 Å². The Morgan fingerprint density at radius 2 is 1.36 bits per heavy atom. The maximum absolute atomic E-state index is 12.5. The largest absolute Gasteiger partial charge is 0.458 e. The number of ether oxygens (including phenoxy) is 5. The van der Waals surface area contributed by atoms with Crippen LogP contribution >= 0.6 is 12.2 Å². The summed E-state index contributed by atoms with van der Waals surface area (Å²) in [4.78, 5) is 60.5. The van der Waals surface area contributed by atoms with Crippen molar-refractivity contribution in [2.75, 3.05) is 0 Å². The second kappa shape index (κ2) is 15.8. The maximum Gasteiger partial charge on any atom is 0.408 e. The van der Waals surface area contributed by atoms with Gasteiger partial charge in [0.1, 0.15) is 24.7 Å². The number of hydrogen-bond acceptors (Lipinski definition) is 11. The predicted molar refractivity (Wildman–Crippen MR) is 141 cm³/mol. The second-order valence-corrected chi connectivity index (χ2v) is 8.61. The molecule has 4 atom stereocenters. The first-order valence-electron chi connectivity index (χ1n) is 11.8. The fourth-order valence-corrected chi connectivity index (χ4v) is 3.70. The van der Waals surface area contributed by atoms with Gasteiger partial charge in [0.2, 0.25) is 0 Å². The minimum Gasteiger partial charge on any atom is -0.458 e. The van der Waals surface area contributed by atoms with Gasteiger partial charge in [-0.05, 0) is 29.9 Å². The van der Waals surface area contributed by atoms with Gasteiger partial charge in [-0.25, -0.2) is 4.79 Å². The molecule has 2 rings (SSSR count). The van der Waals surface area contributed by atoms with Gasteiger partial charge in [0.25, 0.3) is 0 Å². The van der Waals surface area contributed by atoms with E-state index in [0.29, 0.717) is 11.3 Å². The molecule has 2 aromatic rings. The summed E-state index contributed by atoms with van der Waals surface area (Å²) in [6.45, 7) is 3.12. The van der Waals surface area contributed by atoms with E-state index in [1.165, 1.54) is 0 Å². The molecule has 12 heteroatoms. The summed E-state index contributed by atoms with van der Waals surface area (Å²) in [6, 6.07) is 15.7. The molecule has 0 saturated carbocycles. The Hall–Kier alpha value is -4.32. The summed E-state index contributed by atoms with van der Waals surface area (Å²) in [6.07, 6.45) is -5.59. The molecule has 1 amide bonds. The summed E-state index contributed by atoms with van der Waals surface area (Å²) in [7, 11) is 0. The molecular formula is C27H29NO10S. The molecule has 0 aliphatic heterocycles. The topological polar surface area (TPSA) is 144 Å². The molecule has 0 radical (unpaired) electrons.